The third-order valence-electron chi connectivity index (χ3n) is 5.10. The third-order valence-corrected chi connectivity index (χ3v) is 5.10. The highest BCUT2D eigenvalue weighted by molar-refractivity contribution is 5.86. The molecule has 0 amide bonds. The van der Waals surface area contributed by atoms with Crippen molar-refractivity contribution in [2.45, 2.75) is 30.7 Å². The van der Waals surface area contributed by atoms with Crippen molar-refractivity contribution in [3.8, 4) is 22.8 Å². The second kappa shape index (κ2) is 8.60. The molecular formula is C22H20O10. The van der Waals surface area contributed by atoms with Gasteiger partial charge >= 0.3 is 5.97 Å². The number of benzene rings is 2. The van der Waals surface area contributed by atoms with E-state index in [2.05, 4.69) is 4.74 Å². The van der Waals surface area contributed by atoms with Crippen LogP contribution in [0.1, 0.15) is 0 Å². The maximum Gasteiger partial charge on any atom is 0.337 e. The van der Waals surface area contributed by atoms with Crippen molar-refractivity contribution in [2.75, 3.05) is 7.11 Å². The smallest absolute Gasteiger partial charge is 0.337 e. The van der Waals surface area contributed by atoms with E-state index in [9.17, 15) is 30.0 Å². The zero-order chi connectivity index (χ0) is 23.0. The SMILES string of the molecule is COC(=O)[C@@H]1O[C@H](Oc2cc(O)c3c(=O)cc(-c4ccccc4)oc3c2)[C@@H](O)[C@H](O)[C@H]1O. The molecule has 1 aliphatic heterocycles. The molecule has 1 aromatic heterocycles. The number of methoxy groups -OCH3 is 1. The maximum atomic E-state index is 12.5. The summed E-state index contributed by atoms with van der Waals surface area (Å²) in [6, 6.07) is 12.5. The Morgan fingerprint density at radius 1 is 1.00 bits per heavy atom. The number of aliphatic hydroxyl groups is 3. The van der Waals surface area contributed by atoms with Gasteiger partial charge in [-0.05, 0) is 0 Å². The van der Waals surface area contributed by atoms with E-state index in [0.717, 1.165) is 13.2 Å². The first-order chi connectivity index (χ1) is 15.3. The number of carbonyl (C=O) groups is 1. The van der Waals surface area contributed by atoms with E-state index in [1.165, 1.54) is 12.1 Å². The van der Waals surface area contributed by atoms with Crippen LogP contribution in [0.15, 0.2) is 57.7 Å². The minimum atomic E-state index is -1.77. The van der Waals surface area contributed by atoms with E-state index >= 15 is 0 Å². The molecule has 10 heteroatoms. The lowest BCUT2D eigenvalue weighted by Crippen LogP contribution is -2.61. The molecular weight excluding hydrogens is 424 g/mol. The number of hydrogen-bond donors (Lipinski definition) is 4. The Kier molecular flexibility index (Phi) is 5.85. The predicted octanol–water partition coefficient (Wildman–Crippen LogP) is 0.525. The topological polar surface area (TPSA) is 156 Å². The zero-order valence-electron chi connectivity index (χ0n) is 16.7. The number of hydrogen-bond acceptors (Lipinski definition) is 10. The van der Waals surface area contributed by atoms with Gasteiger partial charge in [-0.15, -0.1) is 0 Å². The second-order valence-corrected chi connectivity index (χ2v) is 7.19. The Hall–Kier alpha value is -3.44. The number of phenolic OH excluding ortho intramolecular Hbond substituents is 1. The number of carbonyl (C=O) groups excluding carboxylic acids is 1. The molecule has 0 spiro atoms. The molecule has 10 nitrogen and oxygen atoms in total. The lowest BCUT2D eigenvalue weighted by atomic mass is 9.99. The highest BCUT2D eigenvalue weighted by atomic mass is 16.7. The molecule has 3 aromatic rings. The van der Waals surface area contributed by atoms with Gasteiger partial charge < -0.3 is 39.1 Å². The van der Waals surface area contributed by atoms with Crippen LogP contribution in [0.25, 0.3) is 22.3 Å². The summed E-state index contributed by atoms with van der Waals surface area (Å²) >= 11 is 0. The first-order valence-corrected chi connectivity index (χ1v) is 9.60. The van der Waals surface area contributed by atoms with Gasteiger partial charge in [-0.1, -0.05) is 30.3 Å². The Morgan fingerprint density at radius 3 is 2.41 bits per heavy atom. The molecule has 4 N–H and O–H groups in total. The number of aromatic hydroxyl groups is 1. The number of ether oxygens (including phenoxy) is 3. The minimum absolute atomic E-state index is 0.00162. The van der Waals surface area contributed by atoms with Crippen LogP contribution in [-0.4, -0.2) is 64.2 Å². The Morgan fingerprint density at radius 2 is 1.72 bits per heavy atom. The molecule has 2 heterocycles. The normalized spacial score (nSPS) is 25.4. The molecule has 1 fully saturated rings. The van der Waals surface area contributed by atoms with Gasteiger partial charge in [0.25, 0.3) is 0 Å². The van der Waals surface area contributed by atoms with Gasteiger partial charge in [0.2, 0.25) is 6.29 Å². The number of esters is 1. The fourth-order valence-electron chi connectivity index (χ4n) is 3.45. The molecule has 0 saturated carbocycles. The number of rotatable bonds is 4. The first kappa shape index (κ1) is 21.8. The molecule has 0 unspecified atom stereocenters. The van der Waals surface area contributed by atoms with Crippen molar-refractivity contribution in [1.82, 2.24) is 0 Å². The number of phenols is 1. The van der Waals surface area contributed by atoms with Crippen molar-refractivity contribution in [3.63, 3.8) is 0 Å². The van der Waals surface area contributed by atoms with Crippen LogP contribution in [0, 0.1) is 0 Å². The lowest BCUT2D eigenvalue weighted by molar-refractivity contribution is -0.271. The molecule has 168 valence electrons. The van der Waals surface area contributed by atoms with E-state index in [1.807, 2.05) is 6.07 Å². The molecule has 0 radical (unpaired) electrons. The lowest BCUT2D eigenvalue weighted by Gasteiger charge is -2.38. The van der Waals surface area contributed by atoms with E-state index in [1.54, 1.807) is 24.3 Å². The zero-order valence-corrected chi connectivity index (χ0v) is 16.7. The average Bonchev–Trinajstić information content (AvgIpc) is 2.79. The number of fused-ring (bicyclic) bond motifs is 1. The largest absolute Gasteiger partial charge is 0.507 e. The molecule has 4 rings (SSSR count). The van der Waals surface area contributed by atoms with Crippen LogP contribution < -0.4 is 10.2 Å². The van der Waals surface area contributed by atoms with E-state index in [-0.39, 0.29) is 22.5 Å². The average molecular weight is 444 g/mol. The summed E-state index contributed by atoms with van der Waals surface area (Å²) in [6.45, 7) is 0. The summed E-state index contributed by atoms with van der Waals surface area (Å²) in [5, 5.41) is 40.5. The Bertz CT molecular complexity index is 1190. The van der Waals surface area contributed by atoms with E-state index in [4.69, 9.17) is 13.9 Å². The molecule has 2 aromatic carbocycles. The first-order valence-electron chi connectivity index (χ1n) is 9.60. The van der Waals surface area contributed by atoms with Crippen LogP contribution >= 0.6 is 0 Å². The summed E-state index contributed by atoms with van der Waals surface area (Å²) in [6.07, 6.45) is -8.45. The van der Waals surface area contributed by atoms with Gasteiger partial charge in [0.05, 0.1) is 7.11 Å². The van der Waals surface area contributed by atoms with E-state index in [0.29, 0.717) is 5.56 Å². The van der Waals surface area contributed by atoms with Crippen molar-refractivity contribution < 1.29 is 43.8 Å². The molecule has 1 aliphatic rings. The molecule has 0 aliphatic carbocycles. The van der Waals surface area contributed by atoms with Gasteiger partial charge in [-0.3, -0.25) is 4.79 Å². The van der Waals surface area contributed by atoms with Crippen molar-refractivity contribution >= 4 is 16.9 Å². The van der Waals surface area contributed by atoms with Crippen molar-refractivity contribution in [1.29, 1.82) is 0 Å². The summed E-state index contributed by atoms with van der Waals surface area (Å²) in [5.41, 5.74) is 0.163. The fraction of sp³-hybridized carbons (Fsp3) is 0.273. The summed E-state index contributed by atoms with van der Waals surface area (Å²) in [5.74, 6) is -1.24. The van der Waals surface area contributed by atoms with Gasteiger partial charge in [0.15, 0.2) is 11.5 Å². The monoisotopic (exact) mass is 444 g/mol. The molecule has 1 saturated heterocycles. The summed E-state index contributed by atoms with van der Waals surface area (Å²) in [7, 11) is 1.07. The maximum absolute atomic E-state index is 12.5. The molecule has 5 atom stereocenters. The predicted molar refractivity (Wildman–Crippen MR) is 109 cm³/mol. The van der Waals surface area contributed by atoms with Crippen molar-refractivity contribution in [3.05, 3.63) is 58.8 Å². The van der Waals surface area contributed by atoms with Crippen LogP contribution in [0.4, 0.5) is 0 Å². The van der Waals surface area contributed by atoms with Crippen LogP contribution in [-0.2, 0) is 14.3 Å². The van der Waals surface area contributed by atoms with Crippen LogP contribution in [0.3, 0.4) is 0 Å². The minimum Gasteiger partial charge on any atom is -0.507 e. The molecule has 32 heavy (non-hydrogen) atoms. The second-order valence-electron chi connectivity index (χ2n) is 7.19. The fourth-order valence-corrected chi connectivity index (χ4v) is 3.45. The Balaban J connectivity index is 1.70. The Labute approximate surface area is 180 Å². The summed E-state index contributed by atoms with van der Waals surface area (Å²) in [4.78, 5) is 24.4. The highest BCUT2D eigenvalue weighted by Crippen LogP contribution is 2.33. The highest BCUT2D eigenvalue weighted by Gasteiger charge is 2.48. The van der Waals surface area contributed by atoms with E-state index < -0.39 is 47.9 Å². The van der Waals surface area contributed by atoms with Crippen LogP contribution in [0.2, 0.25) is 0 Å². The van der Waals surface area contributed by atoms with Crippen LogP contribution in [0.5, 0.6) is 11.5 Å². The quantitative estimate of drug-likeness (QED) is 0.419. The summed E-state index contributed by atoms with van der Waals surface area (Å²) < 4.78 is 21.1. The number of aliphatic hydroxyl groups excluding tert-OH is 3. The standard InChI is InChI=1S/C22H20O10/c1-29-21(28)20-18(26)17(25)19(27)22(32-20)30-11-7-12(23)16-13(24)9-14(31-15(16)8-11)10-5-3-2-4-6-10/h2-9,17-20,22-23,25-27H,1H3/t17-,18-,19+,20-,22+/m1/s1. The van der Waals surface area contributed by atoms with Gasteiger partial charge in [-0.2, -0.15) is 0 Å². The van der Waals surface area contributed by atoms with Gasteiger partial charge in [-0.25, -0.2) is 4.79 Å². The van der Waals surface area contributed by atoms with Gasteiger partial charge in [0.1, 0.15) is 46.5 Å². The van der Waals surface area contributed by atoms with Crippen molar-refractivity contribution in [2.24, 2.45) is 0 Å². The third kappa shape index (κ3) is 3.92. The van der Waals surface area contributed by atoms with Gasteiger partial charge in [0, 0.05) is 23.8 Å². The molecule has 0 bridgehead atoms.